The number of furan rings is 1. The molecule has 7 nitrogen and oxygen atoms in total. The van der Waals surface area contributed by atoms with Gasteiger partial charge in [-0.05, 0) is 66.5 Å². The van der Waals surface area contributed by atoms with Gasteiger partial charge in [0, 0.05) is 10.4 Å². The summed E-state index contributed by atoms with van der Waals surface area (Å²) >= 11 is 1.55. The Balaban J connectivity index is 1.62. The van der Waals surface area contributed by atoms with E-state index in [1.807, 2.05) is 0 Å². The van der Waals surface area contributed by atoms with Gasteiger partial charge in [-0.3, -0.25) is 0 Å². The molecular weight excluding hydrogens is 452 g/mol. The van der Waals surface area contributed by atoms with Crippen molar-refractivity contribution in [2.75, 3.05) is 0 Å². The zero-order valence-electron chi connectivity index (χ0n) is 19.1. The molecule has 1 aliphatic rings. The SMILES string of the molecule is CC(C)(C)[C@H]1CCc2c(sc(N=Cc3ccc(-c4cc(C(=O)O)cc(C(=O)O)c4)o3)c2C#N)C1. The van der Waals surface area contributed by atoms with Crippen LogP contribution in [0.25, 0.3) is 11.3 Å². The summed E-state index contributed by atoms with van der Waals surface area (Å²) in [6.45, 7) is 6.75. The first-order valence-electron chi connectivity index (χ1n) is 10.9. The van der Waals surface area contributed by atoms with Crippen LogP contribution in [0.1, 0.15) is 69.7 Å². The molecule has 174 valence electrons. The number of benzene rings is 1. The summed E-state index contributed by atoms with van der Waals surface area (Å²) < 4.78 is 5.78. The lowest BCUT2D eigenvalue weighted by atomic mass is 9.72. The first kappa shape index (κ1) is 23.5. The van der Waals surface area contributed by atoms with Crippen molar-refractivity contribution in [1.82, 2.24) is 0 Å². The van der Waals surface area contributed by atoms with Crippen LogP contribution in [0.5, 0.6) is 0 Å². The molecule has 0 saturated heterocycles. The number of hydrogen-bond acceptors (Lipinski definition) is 6. The molecular formula is C26H24N2O5S. The topological polar surface area (TPSA) is 124 Å². The van der Waals surface area contributed by atoms with Gasteiger partial charge in [-0.15, -0.1) is 11.3 Å². The third-order valence-corrected chi connectivity index (χ3v) is 7.39. The van der Waals surface area contributed by atoms with Crippen molar-refractivity contribution in [1.29, 1.82) is 5.26 Å². The smallest absolute Gasteiger partial charge is 0.335 e. The van der Waals surface area contributed by atoms with Gasteiger partial charge in [-0.25, -0.2) is 14.6 Å². The molecule has 0 bridgehead atoms. The summed E-state index contributed by atoms with van der Waals surface area (Å²) in [5, 5.41) is 29.0. The summed E-state index contributed by atoms with van der Waals surface area (Å²) in [6, 6.07) is 9.44. The van der Waals surface area contributed by atoms with E-state index in [2.05, 4.69) is 31.8 Å². The molecule has 0 aliphatic heterocycles. The number of aromatic carboxylic acids is 2. The molecule has 2 heterocycles. The summed E-state index contributed by atoms with van der Waals surface area (Å²) in [5.41, 5.74) is 1.99. The van der Waals surface area contributed by atoms with Crippen LogP contribution < -0.4 is 0 Å². The fourth-order valence-electron chi connectivity index (χ4n) is 4.23. The average molecular weight is 477 g/mol. The molecule has 4 rings (SSSR count). The van der Waals surface area contributed by atoms with E-state index in [0.717, 1.165) is 30.9 Å². The van der Waals surface area contributed by atoms with Gasteiger partial charge >= 0.3 is 11.9 Å². The molecule has 0 radical (unpaired) electrons. The Kier molecular flexibility index (Phi) is 6.15. The average Bonchev–Trinajstić information content (AvgIpc) is 3.40. The van der Waals surface area contributed by atoms with E-state index in [1.165, 1.54) is 23.2 Å². The van der Waals surface area contributed by atoms with Crippen molar-refractivity contribution in [3.8, 4) is 17.4 Å². The third-order valence-electron chi connectivity index (χ3n) is 6.23. The Bertz CT molecular complexity index is 1320. The van der Waals surface area contributed by atoms with E-state index >= 15 is 0 Å². The number of carbonyl (C=O) groups is 2. The van der Waals surface area contributed by atoms with Crippen LogP contribution in [0.3, 0.4) is 0 Å². The maximum absolute atomic E-state index is 11.4. The first-order valence-corrected chi connectivity index (χ1v) is 11.7. The number of nitriles is 1. The normalized spacial score (nSPS) is 15.8. The van der Waals surface area contributed by atoms with Gasteiger partial charge in [0.1, 0.15) is 22.6 Å². The van der Waals surface area contributed by atoms with E-state index in [1.54, 1.807) is 23.5 Å². The summed E-state index contributed by atoms with van der Waals surface area (Å²) in [7, 11) is 0. The highest BCUT2D eigenvalue weighted by Crippen LogP contribution is 2.44. The predicted molar refractivity (Wildman–Crippen MR) is 129 cm³/mol. The monoisotopic (exact) mass is 476 g/mol. The van der Waals surface area contributed by atoms with E-state index in [-0.39, 0.29) is 16.5 Å². The lowest BCUT2D eigenvalue weighted by molar-refractivity contribution is 0.0696. The third kappa shape index (κ3) is 4.66. The molecule has 3 aromatic rings. The molecule has 2 aromatic heterocycles. The molecule has 0 amide bonds. The minimum atomic E-state index is -1.22. The lowest BCUT2D eigenvalue weighted by Gasteiger charge is -2.33. The molecule has 0 unspecified atom stereocenters. The van der Waals surface area contributed by atoms with Crippen molar-refractivity contribution in [3.63, 3.8) is 0 Å². The molecule has 0 fully saturated rings. The van der Waals surface area contributed by atoms with Crippen molar-refractivity contribution in [2.24, 2.45) is 16.3 Å². The maximum atomic E-state index is 11.4. The van der Waals surface area contributed by atoms with Gasteiger partial charge in [-0.1, -0.05) is 20.8 Å². The second-order valence-electron chi connectivity index (χ2n) is 9.47. The number of rotatable bonds is 5. The number of fused-ring (bicyclic) bond motifs is 1. The van der Waals surface area contributed by atoms with E-state index in [4.69, 9.17) is 4.42 Å². The standard InChI is InChI=1S/C26H24N2O5S/c1-26(2,3)17-4-6-19-20(12-27)23(34-22(19)11-17)28-13-18-5-7-21(33-18)14-8-15(24(29)30)10-16(9-14)25(31)32/h5,7-10,13,17H,4,6,11H2,1-3H3,(H,29,30)(H,31,32)/t17-/m0/s1. The Labute approximate surface area is 201 Å². The highest BCUT2D eigenvalue weighted by atomic mass is 32.1. The Morgan fingerprint density at radius 1 is 1.18 bits per heavy atom. The zero-order valence-corrected chi connectivity index (χ0v) is 19.9. The summed E-state index contributed by atoms with van der Waals surface area (Å²) in [4.78, 5) is 28.5. The van der Waals surface area contributed by atoms with Gasteiger partial charge in [0.05, 0.1) is 22.9 Å². The van der Waals surface area contributed by atoms with Crippen LogP contribution in [0.4, 0.5) is 5.00 Å². The van der Waals surface area contributed by atoms with Gasteiger partial charge in [0.2, 0.25) is 0 Å². The first-order chi connectivity index (χ1) is 16.1. The number of carboxylic acids is 2. The van der Waals surface area contributed by atoms with Crippen LogP contribution in [0, 0.1) is 22.7 Å². The number of hydrogen-bond donors (Lipinski definition) is 2. The molecule has 34 heavy (non-hydrogen) atoms. The summed E-state index contributed by atoms with van der Waals surface area (Å²) in [5.74, 6) is -1.15. The highest BCUT2D eigenvalue weighted by molar-refractivity contribution is 7.16. The molecule has 8 heteroatoms. The molecule has 1 aliphatic carbocycles. The van der Waals surface area contributed by atoms with Crippen molar-refractivity contribution in [2.45, 2.75) is 40.0 Å². The summed E-state index contributed by atoms with van der Waals surface area (Å²) in [6.07, 6.45) is 4.41. The van der Waals surface area contributed by atoms with Crippen LogP contribution in [-0.2, 0) is 12.8 Å². The van der Waals surface area contributed by atoms with E-state index in [0.29, 0.717) is 33.6 Å². The largest absolute Gasteiger partial charge is 0.478 e. The molecule has 0 saturated carbocycles. The fraction of sp³-hybridized carbons (Fsp3) is 0.308. The number of aliphatic imine (C=N–C) groups is 1. The maximum Gasteiger partial charge on any atom is 0.335 e. The van der Waals surface area contributed by atoms with Gasteiger partial charge in [-0.2, -0.15) is 5.26 Å². The van der Waals surface area contributed by atoms with Crippen LogP contribution in [-0.4, -0.2) is 28.4 Å². The predicted octanol–water partition coefficient (Wildman–Crippen LogP) is 6.18. The Morgan fingerprint density at radius 2 is 1.85 bits per heavy atom. The molecule has 1 aromatic carbocycles. The van der Waals surface area contributed by atoms with Gasteiger partial charge < -0.3 is 14.6 Å². The number of carboxylic acid groups (broad SMARTS) is 2. The van der Waals surface area contributed by atoms with Crippen LogP contribution in [0.2, 0.25) is 0 Å². The Hall–Kier alpha value is -3.70. The van der Waals surface area contributed by atoms with Crippen molar-refractivity contribution >= 4 is 34.5 Å². The second kappa shape index (κ2) is 8.92. The van der Waals surface area contributed by atoms with E-state index < -0.39 is 11.9 Å². The zero-order chi connectivity index (χ0) is 24.6. The number of thiophene rings is 1. The van der Waals surface area contributed by atoms with Crippen LogP contribution >= 0.6 is 11.3 Å². The molecule has 0 spiro atoms. The minimum absolute atomic E-state index is 0.141. The molecule has 1 atom stereocenters. The fourth-order valence-corrected chi connectivity index (χ4v) is 5.45. The number of nitrogens with zero attached hydrogens (tertiary/aromatic N) is 2. The van der Waals surface area contributed by atoms with Crippen molar-refractivity contribution in [3.05, 3.63) is 63.2 Å². The van der Waals surface area contributed by atoms with Crippen LogP contribution in [0.15, 0.2) is 39.7 Å². The lowest BCUT2D eigenvalue weighted by Crippen LogP contribution is -2.26. The van der Waals surface area contributed by atoms with Crippen molar-refractivity contribution < 1.29 is 24.2 Å². The highest BCUT2D eigenvalue weighted by Gasteiger charge is 2.32. The van der Waals surface area contributed by atoms with E-state index in [9.17, 15) is 25.1 Å². The quantitative estimate of drug-likeness (QED) is 0.424. The van der Waals surface area contributed by atoms with Gasteiger partial charge in [0.25, 0.3) is 0 Å². The Morgan fingerprint density at radius 3 is 2.44 bits per heavy atom. The minimum Gasteiger partial charge on any atom is -0.478 e. The van der Waals surface area contributed by atoms with Gasteiger partial charge in [0.15, 0.2) is 0 Å². The second-order valence-corrected chi connectivity index (χ2v) is 10.6. The molecule has 2 N–H and O–H groups in total.